The normalized spacial score (nSPS) is 8.83. The van der Waals surface area contributed by atoms with Gasteiger partial charge in [0.2, 0.25) is 0 Å². The monoisotopic (exact) mass is 181 g/mol. The van der Waals surface area contributed by atoms with Crippen LogP contribution in [0.25, 0.3) is 0 Å². The Labute approximate surface area is 89.5 Å². The van der Waals surface area contributed by atoms with Gasteiger partial charge in [0.05, 0.1) is 0 Å². The fraction of sp³-hybridized carbons (Fsp3) is 0. The van der Waals surface area contributed by atoms with Crippen molar-refractivity contribution in [3.05, 3.63) is 35.4 Å². The van der Waals surface area contributed by atoms with Crippen LogP contribution >= 0.6 is 0 Å². The summed E-state index contributed by atoms with van der Waals surface area (Å²) >= 11 is 0. The Kier molecular flexibility index (Phi) is 4.37. The van der Waals surface area contributed by atoms with Gasteiger partial charge in [0.1, 0.15) is 17.2 Å². The predicted octanol–water partition coefficient (Wildman–Crippen LogP) is 1.28. The Morgan fingerprint density at radius 1 is 1.25 bits per heavy atom. The van der Waals surface area contributed by atoms with E-state index < -0.39 is 23.2 Å². The number of benzene rings is 1. The SMILES string of the molecule is O=C(O)c1c(F)cccc1F.[Na]. The number of rotatable bonds is 1. The minimum absolute atomic E-state index is 0. The zero-order chi connectivity index (χ0) is 8.43. The molecule has 1 aromatic rings. The Morgan fingerprint density at radius 3 is 1.92 bits per heavy atom. The van der Waals surface area contributed by atoms with E-state index in [2.05, 4.69) is 0 Å². The van der Waals surface area contributed by atoms with Crippen molar-refractivity contribution in [1.82, 2.24) is 0 Å². The Balaban J connectivity index is 0.00000121. The van der Waals surface area contributed by atoms with Crippen molar-refractivity contribution in [2.45, 2.75) is 0 Å². The molecule has 1 radical (unpaired) electrons. The van der Waals surface area contributed by atoms with Crippen molar-refractivity contribution in [1.29, 1.82) is 0 Å². The van der Waals surface area contributed by atoms with Crippen LogP contribution in [0.1, 0.15) is 10.4 Å². The summed E-state index contributed by atoms with van der Waals surface area (Å²) in [5.74, 6) is -3.71. The number of hydrogen-bond acceptors (Lipinski definition) is 1. The molecule has 59 valence electrons. The van der Waals surface area contributed by atoms with E-state index in [1.165, 1.54) is 0 Å². The van der Waals surface area contributed by atoms with Crippen LogP contribution in [0.2, 0.25) is 0 Å². The van der Waals surface area contributed by atoms with Gasteiger partial charge in [-0.1, -0.05) is 6.07 Å². The fourth-order valence-electron chi connectivity index (χ4n) is 0.702. The molecule has 0 heterocycles. The summed E-state index contributed by atoms with van der Waals surface area (Å²) in [5, 5.41) is 8.27. The molecular weight excluding hydrogens is 177 g/mol. The summed E-state index contributed by atoms with van der Waals surface area (Å²) < 4.78 is 25.0. The van der Waals surface area contributed by atoms with Crippen LogP contribution < -0.4 is 0 Å². The van der Waals surface area contributed by atoms with Crippen LogP contribution in [0.5, 0.6) is 0 Å². The molecule has 0 atom stereocenters. The molecule has 2 nitrogen and oxygen atoms in total. The van der Waals surface area contributed by atoms with E-state index in [9.17, 15) is 13.6 Å². The third-order valence-corrected chi connectivity index (χ3v) is 1.18. The van der Waals surface area contributed by atoms with Gasteiger partial charge in [-0.25, -0.2) is 13.6 Å². The fourth-order valence-corrected chi connectivity index (χ4v) is 0.702. The van der Waals surface area contributed by atoms with E-state index in [1.54, 1.807) is 0 Å². The number of aromatic carboxylic acids is 1. The van der Waals surface area contributed by atoms with E-state index in [-0.39, 0.29) is 29.6 Å². The van der Waals surface area contributed by atoms with Gasteiger partial charge in [0.15, 0.2) is 0 Å². The van der Waals surface area contributed by atoms with Gasteiger partial charge in [-0.15, -0.1) is 0 Å². The molecule has 0 spiro atoms. The molecule has 0 aliphatic heterocycles. The molecule has 0 bridgehead atoms. The van der Waals surface area contributed by atoms with Gasteiger partial charge in [-0.05, 0) is 12.1 Å². The molecule has 0 aliphatic carbocycles. The summed E-state index contributed by atoms with van der Waals surface area (Å²) in [6.07, 6.45) is 0. The van der Waals surface area contributed by atoms with Gasteiger partial charge in [0, 0.05) is 29.6 Å². The molecule has 12 heavy (non-hydrogen) atoms. The summed E-state index contributed by atoms with van der Waals surface area (Å²) in [6.45, 7) is 0. The molecule has 0 saturated carbocycles. The minimum atomic E-state index is -1.60. The first-order valence-electron chi connectivity index (χ1n) is 2.80. The number of carboxylic acids is 1. The van der Waals surface area contributed by atoms with E-state index in [0.717, 1.165) is 18.2 Å². The summed E-state index contributed by atoms with van der Waals surface area (Å²) in [6, 6.07) is 2.90. The van der Waals surface area contributed by atoms with Crippen LogP contribution in [-0.4, -0.2) is 40.6 Å². The first kappa shape index (κ1) is 11.6. The molecule has 5 heteroatoms. The molecule has 0 unspecified atom stereocenters. The van der Waals surface area contributed by atoms with Crippen molar-refractivity contribution in [2.75, 3.05) is 0 Å². The maximum absolute atomic E-state index is 12.5. The molecule has 1 N–H and O–H groups in total. The van der Waals surface area contributed by atoms with E-state index >= 15 is 0 Å². The molecule has 0 aromatic heterocycles. The molecule has 1 rings (SSSR count). The topological polar surface area (TPSA) is 37.3 Å². The summed E-state index contributed by atoms with van der Waals surface area (Å²) in [5.41, 5.74) is -0.910. The number of hydrogen-bond donors (Lipinski definition) is 1. The number of carbonyl (C=O) groups is 1. The Hall–Kier alpha value is -0.450. The molecular formula is C7H4F2NaO2. The Morgan fingerprint density at radius 2 is 1.67 bits per heavy atom. The average Bonchev–Trinajstić information content (AvgIpc) is 1.85. The zero-order valence-corrected chi connectivity index (χ0v) is 8.34. The second-order valence-electron chi connectivity index (χ2n) is 1.90. The largest absolute Gasteiger partial charge is 0.477 e. The first-order chi connectivity index (χ1) is 5.13. The standard InChI is InChI=1S/C7H4F2O2.Na/c8-4-2-1-3-5(9)6(4)7(10)11;/h1-3H,(H,10,11);. The number of halogens is 2. The van der Waals surface area contributed by atoms with Crippen molar-refractivity contribution in [2.24, 2.45) is 0 Å². The summed E-state index contributed by atoms with van der Waals surface area (Å²) in [7, 11) is 0. The molecule has 1 aromatic carbocycles. The van der Waals surface area contributed by atoms with Crippen molar-refractivity contribution >= 4 is 35.5 Å². The first-order valence-corrected chi connectivity index (χ1v) is 2.80. The van der Waals surface area contributed by atoms with Crippen molar-refractivity contribution in [3.63, 3.8) is 0 Å². The van der Waals surface area contributed by atoms with Gasteiger partial charge in [-0.3, -0.25) is 0 Å². The minimum Gasteiger partial charge on any atom is -0.477 e. The maximum atomic E-state index is 12.5. The maximum Gasteiger partial charge on any atom is 0.341 e. The van der Waals surface area contributed by atoms with Crippen LogP contribution in [0.4, 0.5) is 8.78 Å². The van der Waals surface area contributed by atoms with Crippen LogP contribution in [0.3, 0.4) is 0 Å². The van der Waals surface area contributed by atoms with Gasteiger partial charge < -0.3 is 5.11 Å². The zero-order valence-electron chi connectivity index (χ0n) is 6.34. The summed E-state index contributed by atoms with van der Waals surface area (Å²) in [4.78, 5) is 10.2. The molecule has 0 amide bonds. The van der Waals surface area contributed by atoms with Crippen LogP contribution in [0, 0.1) is 11.6 Å². The van der Waals surface area contributed by atoms with Crippen molar-refractivity contribution in [3.8, 4) is 0 Å². The van der Waals surface area contributed by atoms with Gasteiger partial charge in [0.25, 0.3) is 0 Å². The van der Waals surface area contributed by atoms with Gasteiger partial charge >= 0.3 is 5.97 Å². The van der Waals surface area contributed by atoms with E-state index in [4.69, 9.17) is 5.11 Å². The van der Waals surface area contributed by atoms with Gasteiger partial charge in [-0.2, -0.15) is 0 Å². The third kappa shape index (κ3) is 2.27. The van der Waals surface area contributed by atoms with Crippen LogP contribution in [0.15, 0.2) is 18.2 Å². The van der Waals surface area contributed by atoms with E-state index in [0.29, 0.717) is 0 Å². The quantitative estimate of drug-likeness (QED) is 0.662. The smallest absolute Gasteiger partial charge is 0.341 e. The van der Waals surface area contributed by atoms with E-state index in [1.807, 2.05) is 0 Å². The second-order valence-corrected chi connectivity index (χ2v) is 1.90. The van der Waals surface area contributed by atoms with Crippen molar-refractivity contribution < 1.29 is 18.7 Å². The second kappa shape index (κ2) is 4.54. The van der Waals surface area contributed by atoms with Crippen LogP contribution in [-0.2, 0) is 0 Å². The Bertz CT molecular complexity index is 281. The molecule has 0 saturated heterocycles. The predicted molar refractivity (Wildman–Crippen MR) is 39.1 cm³/mol. The molecule has 0 aliphatic rings. The molecule has 0 fully saturated rings. The third-order valence-electron chi connectivity index (χ3n) is 1.18. The average molecular weight is 181 g/mol. The number of carboxylic acid groups (broad SMARTS) is 1.